The molecule has 1 N–H and O–H groups in total. The summed E-state index contributed by atoms with van der Waals surface area (Å²) in [7, 11) is 3.45. The molecule has 1 aromatic carbocycles. The van der Waals surface area contributed by atoms with Gasteiger partial charge in [0.15, 0.2) is 5.96 Å². The zero-order valence-corrected chi connectivity index (χ0v) is 17.2. The van der Waals surface area contributed by atoms with Crippen molar-refractivity contribution in [1.29, 1.82) is 0 Å². The van der Waals surface area contributed by atoms with Gasteiger partial charge in [-0.15, -0.1) is 0 Å². The topological polar surface area (TPSA) is 74.2 Å². The highest BCUT2D eigenvalue weighted by atomic mass is 16.5. The van der Waals surface area contributed by atoms with E-state index in [0.717, 1.165) is 44.9 Å². The Labute approximate surface area is 167 Å². The molecule has 1 aromatic rings. The number of nitrogens with one attached hydrogen (secondary N) is 1. The van der Waals surface area contributed by atoms with Crippen LogP contribution in [0.25, 0.3) is 0 Å². The van der Waals surface area contributed by atoms with Crippen molar-refractivity contribution in [3.8, 4) is 0 Å². The van der Waals surface area contributed by atoms with Crippen molar-refractivity contribution >= 4 is 17.8 Å². The summed E-state index contributed by atoms with van der Waals surface area (Å²) in [5, 5.41) is 3.39. The van der Waals surface area contributed by atoms with E-state index in [1.807, 2.05) is 25.1 Å². The molecule has 7 nitrogen and oxygen atoms in total. The largest absolute Gasteiger partial charge is 0.466 e. The smallest absolute Gasteiger partial charge is 0.309 e. The fourth-order valence-electron chi connectivity index (χ4n) is 3.10. The van der Waals surface area contributed by atoms with Crippen LogP contribution in [-0.4, -0.2) is 74.5 Å². The number of benzene rings is 1. The number of likely N-dealkylation sites (tertiary alicyclic amines) is 1. The van der Waals surface area contributed by atoms with Crippen LogP contribution in [0.5, 0.6) is 0 Å². The van der Waals surface area contributed by atoms with Gasteiger partial charge in [0.1, 0.15) is 6.54 Å². The van der Waals surface area contributed by atoms with E-state index >= 15 is 0 Å². The Morgan fingerprint density at radius 2 is 1.89 bits per heavy atom. The van der Waals surface area contributed by atoms with E-state index in [-0.39, 0.29) is 24.3 Å². The first-order valence-electron chi connectivity index (χ1n) is 9.95. The molecule has 1 fully saturated rings. The maximum absolute atomic E-state index is 12.0. The van der Waals surface area contributed by atoms with Crippen molar-refractivity contribution in [1.82, 2.24) is 15.1 Å². The van der Waals surface area contributed by atoms with Gasteiger partial charge in [0.25, 0.3) is 0 Å². The van der Waals surface area contributed by atoms with Crippen LogP contribution >= 0.6 is 0 Å². The van der Waals surface area contributed by atoms with E-state index in [0.29, 0.717) is 6.61 Å². The Kier molecular flexibility index (Phi) is 8.78. The van der Waals surface area contributed by atoms with Gasteiger partial charge in [0.2, 0.25) is 5.91 Å². The Balaban J connectivity index is 1.95. The van der Waals surface area contributed by atoms with Gasteiger partial charge in [-0.2, -0.15) is 0 Å². The molecule has 7 heteroatoms. The van der Waals surface area contributed by atoms with Gasteiger partial charge >= 0.3 is 5.97 Å². The number of amides is 1. The number of carbonyl (C=O) groups excluding carboxylic acids is 2. The molecule has 1 saturated heterocycles. The van der Waals surface area contributed by atoms with Crippen molar-refractivity contribution in [2.45, 2.75) is 26.2 Å². The molecule has 1 heterocycles. The lowest BCUT2D eigenvalue weighted by atomic mass is 9.97. The standard InChI is InChI=1S/C21H32N4O3/c1-4-28-20(27)18-11-14-25(15-12-18)21(23-16-19(26)24(2)3)22-13-10-17-8-6-5-7-9-17/h5-9,18H,4,10-16H2,1-3H3,(H,22,23). The Morgan fingerprint density at radius 1 is 1.21 bits per heavy atom. The second-order valence-corrected chi connectivity index (χ2v) is 7.10. The predicted molar refractivity (Wildman–Crippen MR) is 110 cm³/mol. The van der Waals surface area contributed by atoms with Gasteiger partial charge in [-0.1, -0.05) is 30.3 Å². The van der Waals surface area contributed by atoms with E-state index < -0.39 is 0 Å². The number of piperidine rings is 1. The molecule has 0 aliphatic carbocycles. The zero-order valence-electron chi connectivity index (χ0n) is 17.2. The third-order valence-electron chi connectivity index (χ3n) is 4.82. The molecule has 154 valence electrons. The van der Waals surface area contributed by atoms with Gasteiger partial charge in [-0.05, 0) is 31.7 Å². The van der Waals surface area contributed by atoms with Crippen LogP contribution in [0.3, 0.4) is 0 Å². The molecule has 1 aliphatic rings. The summed E-state index contributed by atoms with van der Waals surface area (Å²) in [6.45, 7) is 4.53. The van der Waals surface area contributed by atoms with Gasteiger partial charge in [-0.3, -0.25) is 9.59 Å². The fraction of sp³-hybridized carbons (Fsp3) is 0.571. The monoisotopic (exact) mass is 388 g/mol. The van der Waals surface area contributed by atoms with E-state index in [1.165, 1.54) is 10.5 Å². The van der Waals surface area contributed by atoms with Crippen LogP contribution < -0.4 is 5.32 Å². The quantitative estimate of drug-likeness (QED) is 0.436. The first-order chi connectivity index (χ1) is 13.5. The van der Waals surface area contributed by atoms with Crippen LogP contribution in [0.4, 0.5) is 0 Å². The molecular formula is C21H32N4O3. The number of ether oxygens (including phenoxy) is 1. The van der Waals surface area contributed by atoms with Gasteiger partial charge in [0.05, 0.1) is 12.5 Å². The molecule has 0 spiro atoms. The first-order valence-corrected chi connectivity index (χ1v) is 9.95. The number of hydrogen-bond donors (Lipinski definition) is 1. The lowest BCUT2D eigenvalue weighted by molar-refractivity contribution is -0.149. The molecule has 2 rings (SSSR count). The molecule has 0 bridgehead atoms. The lowest BCUT2D eigenvalue weighted by Gasteiger charge is -2.33. The van der Waals surface area contributed by atoms with Crippen molar-refractivity contribution in [3.63, 3.8) is 0 Å². The summed E-state index contributed by atoms with van der Waals surface area (Å²) in [5.41, 5.74) is 1.25. The maximum atomic E-state index is 12.0. The average Bonchev–Trinajstić information content (AvgIpc) is 2.71. The molecule has 1 aliphatic heterocycles. The predicted octanol–water partition coefficient (Wildman–Crippen LogP) is 1.54. The Bertz CT molecular complexity index is 653. The third kappa shape index (κ3) is 6.87. The third-order valence-corrected chi connectivity index (χ3v) is 4.82. The number of hydrogen-bond acceptors (Lipinski definition) is 4. The second kappa shape index (κ2) is 11.3. The summed E-state index contributed by atoms with van der Waals surface area (Å²) < 4.78 is 5.14. The van der Waals surface area contributed by atoms with Crippen molar-refractivity contribution in [2.75, 3.05) is 46.9 Å². The van der Waals surface area contributed by atoms with Crippen LogP contribution in [0, 0.1) is 5.92 Å². The van der Waals surface area contributed by atoms with Crippen LogP contribution in [0.15, 0.2) is 35.3 Å². The minimum Gasteiger partial charge on any atom is -0.466 e. The van der Waals surface area contributed by atoms with E-state index in [4.69, 9.17) is 4.74 Å². The molecule has 0 atom stereocenters. The van der Waals surface area contributed by atoms with Crippen molar-refractivity contribution in [2.24, 2.45) is 10.9 Å². The van der Waals surface area contributed by atoms with Gasteiger partial charge < -0.3 is 19.9 Å². The molecule has 0 unspecified atom stereocenters. The Morgan fingerprint density at radius 3 is 2.50 bits per heavy atom. The average molecular weight is 389 g/mol. The first kappa shape index (κ1) is 21.7. The molecule has 28 heavy (non-hydrogen) atoms. The van der Waals surface area contributed by atoms with Crippen LogP contribution in [-0.2, 0) is 20.7 Å². The number of esters is 1. The molecule has 0 saturated carbocycles. The lowest BCUT2D eigenvalue weighted by Crippen LogP contribution is -2.47. The molecule has 0 radical (unpaired) electrons. The molecule has 0 aromatic heterocycles. The SMILES string of the molecule is CCOC(=O)C1CCN(C(=NCC(=O)N(C)C)NCCc2ccccc2)CC1. The minimum atomic E-state index is -0.111. The molecular weight excluding hydrogens is 356 g/mol. The summed E-state index contributed by atoms with van der Waals surface area (Å²) in [4.78, 5) is 32.1. The van der Waals surface area contributed by atoms with E-state index in [9.17, 15) is 9.59 Å². The van der Waals surface area contributed by atoms with E-state index in [2.05, 4.69) is 27.3 Å². The highest BCUT2D eigenvalue weighted by Gasteiger charge is 2.27. The summed E-state index contributed by atoms with van der Waals surface area (Å²) in [5.74, 6) is 0.530. The number of nitrogens with zero attached hydrogens (tertiary/aromatic N) is 3. The summed E-state index contributed by atoms with van der Waals surface area (Å²) in [6, 6.07) is 10.3. The normalized spacial score (nSPS) is 15.2. The molecule has 1 amide bonds. The maximum Gasteiger partial charge on any atom is 0.309 e. The van der Waals surface area contributed by atoms with Gasteiger partial charge in [-0.25, -0.2) is 4.99 Å². The van der Waals surface area contributed by atoms with Crippen LogP contribution in [0.2, 0.25) is 0 Å². The number of likely N-dealkylation sites (N-methyl/N-ethyl adjacent to an activating group) is 1. The minimum absolute atomic E-state index is 0.0382. The Hall–Kier alpha value is -2.57. The zero-order chi connectivity index (χ0) is 20.4. The highest BCUT2D eigenvalue weighted by molar-refractivity contribution is 5.85. The summed E-state index contributed by atoms with van der Waals surface area (Å²) in [6.07, 6.45) is 2.35. The number of rotatable bonds is 7. The van der Waals surface area contributed by atoms with Crippen molar-refractivity contribution < 1.29 is 14.3 Å². The fourth-order valence-corrected chi connectivity index (χ4v) is 3.10. The van der Waals surface area contributed by atoms with Crippen molar-refractivity contribution in [3.05, 3.63) is 35.9 Å². The second-order valence-electron chi connectivity index (χ2n) is 7.10. The van der Waals surface area contributed by atoms with E-state index in [1.54, 1.807) is 14.1 Å². The van der Waals surface area contributed by atoms with Gasteiger partial charge in [0, 0.05) is 33.7 Å². The number of carbonyl (C=O) groups is 2. The number of aliphatic imine (C=N–C) groups is 1. The number of guanidine groups is 1. The summed E-state index contributed by atoms with van der Waals surface area (Å²) >= 11 is 0. The van der Waals surface area contributed by atoms with Crippen LogP contribution in [0.1, 0.15) is 25.3 Å². The highest BCUT2D eigenvalue weighted by Crippen LogP contribution is 2.18.